The van der Waals surface area contributed by atoms with Crippen molar-refractivity contribution in [1.29, 1.82) is 0 Å². The summed E-state index contributed by atoms with van der Waals surface area (Å²) >= 11 is 0. The minimum Gasteiger partial charge on any atom is -0.441 e. The SMILES string of the molecule is Cc1noc(C)c1S(=O)(=O)N1CCCC2(CC1)CN(C)C(=O)O2. The first-order chi connectivity index (χ1) is 10.8. The van der Waals surface area contributed by atoms with Gasteiger partial charge >= 0.3 is 6.09 Å². The van der Waals surface area contributed by atoms with E-state index in [1.807, 2.05) is 0 Å². The van der Waals surface area contributed by atoms with Gasteiger partial charge in [-0.15, -0.1) is 0 Å². The molecular formula is C14H21N3O5S. The number of ether oxygens (including phenoxy) is 1. The number of nitrogens with zero attached hydrogens (tertiary/aromatic N) is 3. The number of aryl methyl sites for hydroxylation is 2. The second-order valence-corrected chi connectivity index (χ2v) is 8.19. The van der Waals surface area contributed by atoms with Crippen molar-refractivity contribution >= 4 is 16.1 Å². The van der Waals surface area contributed by atoms with E-state index in [0.717, 1.165) is 0 Å². The Morgan fingerprint density at radius 1 is 1.22 bits per heavy atom. The fraction of sp³-hybridized carbons (Fsp3) is 0.714. The van der Waals surface area contributed by atoms with Crippen LogP contribution >= 0.6 is 0 Å². The molecule has 2 saturated heterocycles. The van der Waals surface area contributed by atoms with Crippen LogP contribution in [0, 0.1) is 13.8 Å². The van der Waals surface area contributed by atoms with Gasteiger partial charge in [0.2, 0.25) is 10.0 Å². The third kappa shape index (κ3) is 2.72. The Bertz CT molecular complexity index is 709. The van der Waals surface area contributed by atoms with Crippen molar-refractivity contribution in [2.24, 2.45) is 0 Å². The lowest BCUT2D eigenvalue weighted by molar-refractivity contribution is 0.0460. The third-order valence-corrected chi connectivity index (χ3v) is 6.71. The summed E-state index contributed by atoms with van der Waals surface area (Å²) in [7, 11) is -1.96. The summed E-state index contributed by atoms with van der Waals surface area (Å²) in [6, 6.07) is 0. The fourth-order valence-electron chi connectivity index (χ4n) is 3.41. The van der Waals surface area contributed by atoms with Gasteiger partial charge in [0.05, 0.1) is 6.54 Å². The molecule has 1 amide bonds. The first-order valence-corrected chi connectivity index (χ1v) is 9.06. The van der Waals surface area contributed by atoms with Gasteiger partial charge in [-0.05, 0) is 26.7 Å². The van der Waals surface area contributed by atoms with E-state index >= 15 is 0 Å². The van der Waals surface area contributed by atoms with E-state index in [1.54, 1.807) is 25.8 Å². The topological polar surface area (TPSA) is 93.0 Å². The first kappa shape index (κ1) is 16.3. The molecule has 0 radical (unpaired) electrons. The Hall–Kier alpha value is -1.61. The average molecular weight is 343 g/mol. The first-order valence-electron chi connectivity index (χ1n) is 7.62. The Balaban J connectivity index is 1.82. The van der Waals surface area contributed by atoms with Gasteiger partial charge in [0, 0.05) is 26.6 Å². The highest BCUT2D eigenvalue weighted by atomic mass is 32.2. The molecule has 1 aromatic heterocycles. The number of rotatable bonds is 2. The summed E-state index contributed by atoms with van der Waals surface area (Å²) in [5.74, 6) is 0.300. The van der Waals surface area contributed by atoms with Crippen LogP contribution in [0.4, 0.5) is 4.79 Å². The van der Waals surface area contributed by atoms with E-state index in [-0.39, 0.29) is 11.0 Å². The van der Waals surface area contributed by atoms with E-state index in [0.29, 0.717) is 50.4 Å². The summed E-state index contributed by atoms with van der Waals surface area (Å²) in [4.78, 5) is 13.4. The zero-order valence-electron chi connectivity index (χ0n) is 13.5. The molecule has 1 atom stereocenters. The quantitative estimate of drug-likeness (QED) is 0.803. The number of aromatic nitrogens is 1. The van der Waals surface area contributed by atoms with Crippen molar-refractivity contribution in [3.63, 3.8) is 0 Å². The normalized spacial score (nSPS) is 26.6. The molecule has 2 aliphatic heterocycles. The predicted octanol–water partition coefficient (Wildman–Crippen LogP) is 1.29. The predicted molar refractivity (Wildman–Crippen MR) is 80.4 cm³/mol. The molecule has 1 unspecified atom stereocenters. The van der Waals surface area contributed by atoms with E-state index in [1.165, 1.54) is 4.31 Å². The van der Waals surface area contributed by atoms with Crippen LogP contribution in [0.15, 0.2) is 9.42 Å². The lowest BCUT2D eigenvalue weighted by Crippen LogP contribution is -2.37. The van der Waals surface area contributed by atoms with E-state index in [2.05, 4.69) is 5.16 Å². The largest absolute Gasteiger partial charge is 0.441 e. The van der Waals surface area contributed by atoms with Gasteiger partial charge in [0.25, 0.3) is 0 Å². The van der Waals surface area contributed by atoms with Crippen molar-refractivity contribution in [2.75, 3.05) is 26.7 Å². The number of hydrogen-bond donors (Lipinski definition) is 0. The molecule has 23 heavy (non-hydrogen) atoms. The highest BCUT2D eigenvalue weighted by Gasteiger charge is 2.46. The lowest BCUT2D eigenvalue weighted by Gasteiger charge is -2.25. The highest BCUT2D eigenvalue weighted by Crippen LogP contribution is 2.34. The van der Waals surface area contributed by atoms with E-state index in [4.69, 9.17) is 9.26 Å². The van der Waals surface area contributed by atoms with Gasteiger partial charge in [-0.3, -0.25) is 0 Å². The third-order valence-electron chi connectivity index (χ3n) is 4.56. The van der Waals surface area contributed by atoms with Crippen molar-refractivity contribution < 1.29 is 22.5 Å². The molecule has 0 N–H and O–H groups in total. The molecule has 0 bridgehead atoms. The van der Waals surface area contributed by atoms with Crippen LogP contribution in [0.2, 0.25) is 0 Å². The average Bonchev–Trinajstić information content (AvgIpc) is 2.85. The molecule has 2 fully saturated rings. The molecule has 2 aliphatic rings. The number of carbonyl (C=O) groups is 1. The van der Waals surface area contributed by atoms with Crippen LogP contribution in [0.1, 0.15) is 30.7 Å². The number of amides is 1. The summed E-state index contributed by atoms with van der Waals surface area (Å²) in [5.41, 5.74) is -0.206. The van der Waals surface area contributed by atoms with E-state index < -0.39 is 15.6 Å². The highest BCUT2D eigenvalue weighted by molar-refractivity contribution is 7.89. The van der Waals surface area contributed by atoms with Gasteiger partial charge in [-0.2, -0.15) is 4.31 Å². The van der Waals surface area contributed by atoms with Crippen molar-refractivity contribution in [1.82, 2.24) is 14.4 Å². The van der Waals surface area contributed by atoms with E-state index in [9.17, 15) is 13.2 Å². The molecule has 0 saturated carbocycles. The zero-order chi connectivity index (χ0) is 16.8. The molecule has 0 aliphatic carbocycles. The molecule has 1 spiro atoms. The molecule has 8 nitrogen and oxygen atoms in total. The Labute approximate surface area is 135 Å². The summed E-state index contributed by atoms with van der Waals surface area (Å²) < 4.78 is 37.7. The smallest absolute Gasteiger partial charge is 0.410 e. The molecule has 1 aromatic rings. The second kappa shape index (κ2) is 5.48. The summed E-state index contributed by atoms with van der Waals surface area (Å²) in [5, 5.41) is 3.73. The Kier molecular flexibility index (Phi) is 3.88. The minimum absolute atomic E-state index is 0.147. The molecule has 3 rings (SSSR count). The Morgan fingerprint density at radius 2 is 1.96 bits per heavy atom. The van der Waals surface area contributed by atoms with Gasteiger partial charge in [-0.1, -0.05) is 5.16 Å². The monoisotopic (exact) mass is 343 g/mol. The molecule has 3 heterocycles. The lowest BCUT2D eigenvalue weighted by atomic mass is 9.95. The van der Waals surface area contributed by atoms with Crippen LogP contribution in [0.5, 0.6) is 0 Å². The van der Waals surface area contributed by atoms with Crippen LogP contribution in [0.25, 0.3) is 0 Å². The maximum Gasteiger partial charge on any atom is 0.410 e. The van der Waals surface area contributed by atoms with Crippen molar-refractivity contribution in [3.05, 3.63) is 11.5 Å². The molecule has 0 aromatic carbocycles. The van der Waals surface area contributed by atoms with Crippen LogP contribution in [0.3, 0.4) is 0 Å². The summed E-state index contributed by atoms with van der Waals surface area (Å²) in [6.07, 6.45) is 1.46. The number of hydrogen-bond acceptors (Lipinski definition) is 6. The van der Waals surface area contributed by atoms with Gasteiger partial charge in [0.15, 0.2) is 5.76 Å². The van der Waals surface area contributed by atoms with Gasteiger partial charge in [0.1, 0.15) is 16.2 Å². The minimum atomic E-state index is -3.65. The Morgan fingerprint density at radius 3 is 2.52 bits per heavy atom. The van der Waals surface area contributed by atoms with Gasteiger partial charge < -0.3 is 14.2 Å². The van der Waals surface area contributed by atoms with Crippen molar-refractivity contribution in [2.45, 2.75) is 43.6 Å². The molecule has 128 valence electrons. The number of carbonyl (C=O) groups excluding carboxylic acids is 1. The molecule has 9 heteroatoms. The number of likely N-dealkylation sites (N-methyl/N-ethyl adjacent to an activating group) is 1. The summed E-state index contributed by atoms with van der Waals surface area (Å²) in [6.45, 7) is 4.43. The maximum absolute atomic E-state index is 12.9. The van der Waals surface area contributed by atoms with Crippen LogP contribution in [-0.2, 0) is 14.8 Å². The molecular weight excluding hydrogens is 322 g/mol. The maximum atomic E-state index is 12.9. The van der Waals surface area contributed by atoms with Crippen LogP contribution in [-0.4, -0.2) is 61.2 Å². The second-order valence-electron chi connectivity index (χ2n) is 6.32. The van der Waals surface area contributed by atoms with Gasteiger partial charge in [-0.25, -0.2) is 13.2 Å². The van der Waals surface area contributed by atoms with Crippen LogP contribution < -0.4 is 0 Å². The zero-order valence-corrected chi connectivity index (χ0v) is 14.4. The fourth-order valence-corrected chi connectivity index (χ4v) is 5.18. The standard InChI is InChI=1S/C14H21N3O5S/c1-10-12(11(2)22-15-10)23(19,20)17-7-4-5-14(6-8-17)9-16(3)13(18)21-14/h4-9H2,1-3H3. The number of sulfonamides is 1. The van der Waals surface area contributed by atoms with Crippen molar-refractivity contribution in [3.8, 4) is 0 Å².